The van der Waals surface area contributed by atoms with Gasteiger partial charge in [-0.05, 0) is 25.7 Å². The molecule has 1 aliphatic heterocycles. The van der Waals surface area contributed by atoms with Crippen LogP contribution in [0.1, 0.15) is 52.9 Å². The van der Waals surface area contributed by atoms with Crippen LogP contribution in [0.25, 0.3) is 0 Å². The van der Waals surface area contributed by atoms with Crippen molar-refractivity contribution in [1.29, 1.82) is 0 Å². The van der Waals surface area contributed by atoms with E-state index in [-0.39, 0.29) is 13.3 Å². The number of allylic oxidation sites excluding steroid dienone is 3. The van der Waals surface area contributed by atoms with E-state index in [4.69, 9.17) is 0 Å². The van der Waals surface area contributed by atoms with E-state index in [1.807, 2.05) is 17.1 Å². The summed E-state index contributed by atoms with van der Waals surface area (Å²) in [5, 5.41) is 0. The number of amides is 1. The summed E-state index contributed by atoms with van der Waals surface area (Å²) in [4.78, 5) is 13.5. The van der Waals surface area contributed by atoms with Crippen molar-refractivity contribution in [3.8, 4) is 0 Å². The maximum Gasteiger partial charge on any atom is 0.246 e. The van der Waals surface area contributed by atoms with Crippen LogP contribution in [-0.4, -0.2) is 23.9 Å². The van der Waals surface area contributed by atoms with Crippen LogP contribution in [0.15, 0.2) is 24.3 Å². The minimum absolute atomic E-state index is 0. The molecule has 98 valence electrons. The highest BCUT2D eigenvalue weighted by atomic mass is 16.2. The molecule has 1 rings (SSSR count). The smallest absolute Gasteiger partial charge is 0.246 e. The van der Waals surface area contributed by atoms with Gasteiger partial charge >= 0.3 is 0 Å². The third kappa shape index (κ3) is 6.98. The van der Waals surface area contributed by atoms with Crippen LogP contribution < -0.4 is 0 Å². The van der Waals surface area contributed by atoms with E-state index in [9.17, 15) is 4.79 Å². The van der Waals surface area contributed by atoms with Gasteiger partial charge in [-0.3, -0.25) is 4.79 Å². The Kier molecular flexibility index (Phi) is 9.50. The van der Waals surface area contributed by atoms with Crippen LogP contribution in [0.2, 0.25) is 0 Å². The van der Waals surface area contributed by atoms with Crippen LogP contribution in [0.4, 0.5) is 0 Å². The molecule has 2 nitrogen and oxygen atoms in total. The maximum absolute atomic E-state index is 11.6. The molecule has 0 atom stereocenters. The molecule has 0 aromatic heterocycles. The second kappa shape index (κ2) is 10.1. The van der Waals surface area contributed by atoms with Gasteiger partial charge in [0, 0.05) is 19.2 Å². The van der Waals surface area contributed by atoms with Crippen LogP contribution in [0.3, 0.4) is 0 Å². The van der Waals surface area contributed by atoms with Gasteiger partial charge in [-0.1, -0.05) is 45.4 Å². The summed E-state index contributed by atoms with van der Waals surface area (Å²) >= 11 is 0. The van der Waals surface area contributed by atoms with Crippen molar-refractivity contribution >= 4 is 5.91 Å². The van der Waals surface area contributed by atoms with Gasteiger partial charge in [0.25, 0.3) is 0 Å². The first-order valence-corrected chi connectivity index (χ1v) is 6.46. The summed E-state index contributed by atoms with van der Waals surface area (Å²) < 4.78 is 0. The highest BCUT2D eigenvalue weighted by Gasteiger charge is 2.14. The van der Waals surface area contributed by atoms with E-state index >= 15 is 0 Å². The zero-order chi connectivity index (χ0) is 11.6. The lowest BCUT2D eigenvalue weighted by Crippen LogP contribution is -2.25. The highest BCUT2D eigenvalue weighted by molar-refractivity contribution is 5.88. The topological polar surface area (TPSA) is 20.3 Å². The van der Waals surface area contributed by atoms with Crippen LogP contribution >= 0.6 is 0 Å². The maximum atomic E-state index is 11.6. The van der Waals surface area contributed by atoms with E-state index in [2.05, 4.69) is 13.0 Å². The fraction of sp³-hybridized carbons (Fsp3) is 0.667. The Morgan fingerprint density at radius 2 is 1.88 bits per heavy atom. The van der Waals surface area contributed by atoms with E-state index in [0.29, 0.717) is 0 Å². The molecule has 1 heterocycles. The number of carbonyl (C=O) groups is 1. The number of likely N-dealkylation sites (tertiary alicyclic amines) is 1. The molecule has 1 fully saturated rings. The number of rotatable bonds is 6. The zero-order valence-corrected chi connectivity index (χ0v) is 10.3. The Hall–Kier alpha value is -1.05. The normalized spacial score (nSPS) is 15.7. The Bertz CT molecular complexity index is 250. The third-order valence-electron chi connectivity index (χ3n) is 2.88. The Labute approximate surface area is 106 Å². The third-order valence-corrected chi connectivity index (χ3v) is 2.88. The predicted octanol–water partition coefficient (Wildman–Crippen LogP) is 3.94. The van der Waals surface area contributed by atoms with E-state index < -0.39 is 0 Å². The van der Waals surface area contributed by atoms with Gasteiger partial charge in [-0.2, -0.15) is 0 Å². The molecule has 0 aromatic rings. The molecule has 1 aliphatic rings. The van der Waals surface area contributed by atoms with E-state index in [1.54, 1.807) is 6.08 Å². The molecule has 0 spiro atoms. The first-order chi connectivity index (χ1) is 7.84. The lowest BCUT2D eigenvalue weighted by molar-refractivity contribution is -0.124. The molecule has 0 N–H and O–H groups in total. The Morgan fingerprint density at radius 3 is 2.53 bits per heavy atom. The van der Waals surface area contributed by atoms with Gasteiger partial charge in [-0.15, -0.1) is 0 Å². The second-order valence-electron chi connectivity index (χ2n) is 4.32. The highest BCUT2D eigenvalue weighted by Crippen LogP contribution is 2.07. The van der Waals surface area contributed by atoms with Gasteiger partial charge in [0.1, 0.15) is 0 Å². The SMILES string of the molecule is C.CCCCC/C=C/C=C/C(=O)N1CCCC1. The Morgan fingerprint density at radius 1 is 1.18 bits per heavy atom. The summed E-state index contributed by atoms with van der Waals surface area (Å²) in [6.07, 6.45) is 14.9. The largest absolute Gasteiger partial charge is 0.339 e. The number of hydrogen-bond acceptors (Lipinski definition) is 1. The van der Waals surface area contributed by atoms with Crippen LogP contribution in [0.5, 0.6) is 0 Å². The number of nitrogens with zero attached hydrogens (tertiary/aromatic N) is 1. The quantitative estimate of drug-likeness (QED) is 0.389. The number of unbranched alkanes of at least 4 members (excludes halogenated alkanes) is 3. The summed E-state index contributed by atoms with van der Waals surface area (Å²) in [6.45, 7) is 4.07. The molecular weight excluding hydrogens is 210 g/mol. The van der Waals surface area contributed by atoms with Crippen molar-refractivity contribution in [3.63, 3.8) is 0 Å². The fourth-order valence-corrected chi connectivity index (χ4v) is 1.87. The van der Waals surface area contributed by atoms with Crippen molar-refractivity contribution in [1.82, 2.24) is 4.90 Å². The minimum atomic E-state index is 0. The molecule has 0 aliphatic carbocycles. The monoisotopic (exact) mass is 237 g/mol. The molecule has 17 heavy (non-hydrogen) atoms. The van der Waals surface area contributed by atoms with Crippen LogP contribution in [0, 0.1) is 0 Å². The van der Waals surface area contributed by atoms with Gasteiger partial charge in [0.15, 0.2) is 0 Å². The minimum Gasteiger partial charge on any atom is -0.339 e. The van der Waals surface area contributed by atoms with Gasteiger partial charge < -0.3 is 4.90 Å². The first-order valence-electron chi connectivity index (χ1n) is 6.46. The molecule has 2 heteroatoms. The second-order valence-corrected chi connectivity index (χ2v) is 4.32. The number of hydrogen-bond donors (Lipinski definition) is 0. The lowest BCUT2D eigenvalue weighted by atomic mass is 10.2. The average molecular weight is 237 g/mol. The molecule has 0 saturated carbocycles. The fourth-order valence-electron chi connectivity index (χ4n) is 1.87. The molecule has 1 saturated heterocycles. The lowest BCUT2D eigenvalue weighted by Gasteiger charge is -2.11. The summed E-state index contributed by atoms with van der Waals surface area (Å²) in [7, 11) is 0. The number of carbonyl (C=O) groups excluding carboxylic acids is 1. The van der Waals surface area contributed by atoms with Crippen molar-refractivity contribution in [2.75, 3.05) is 13.1 Å². The van der Waals surface area contributed by atoms with E-state index in [0.717, 1.165) is 32.4 Å². The summed E-state index contributed by atoms with van der Waals surface area (Å²) in [6, 6.07) is 0. The van der Waals surface area contributed by atoms with Crippen LogP contribution in [-0.2, 0) is 4.79 Å². The summed E-state index contributed by atoms with van der Waals surface area (Å²) in [5.41, 5.74) is 0. The molecule has 1 amide bonds. The summed E-state index contributed by atoms with van der Waals surface area (Å²) in [5.74, 6) is 0.163. The average Bonchev–Trinajstić information content (AvgIpc) is 2.81. The van der Waals surface area contributed by atoms with E-state index in [1.165, 1.54) is 19.3 Å². The van der Waals surface area contributed by atoms with Crippen molar-refractivity contribution in [2.45, 2.75) is 52.9 Å². The van der Waals surface area contributed by atoms with Crippen molar-refractivity contribution in [2.24, 2.45) is 0 Å². The van der Waals surface area contributed by atoms with Crippen molar-refractivity contribution < 1.29 is 4.79 Å². The van der Waals surface area contributed by atoms with Gasteiger partial charge in [0.2, 0.25) is 5.91 Å². The Balaban J connectivity index is 0.00000256. The molecular formula is C15H27NO. The van der Waals surface area contributed by atoms with Crippen molar-refractivity contribution in [3.05, 3.63) is 24.3 Å². The predicted molar refractivity (Wildman–Crippen MR) is 75.0 cm³/mol. The van der Waals surface area contributed by atoms with Gasteiger partial charge in [-0.25, -0.2) is 0 Å². The standard InChI is InChI=1S/C14H23NO.CH4/c1-2-3-4-5-6-7-8-11-14(16)15-12-9-10-13-15;/h6-8,11H,2-5,9-10,12-13H2,1H3;1H4/b7-6+,11-8+;. The molecule has 0 radical (unpaired) electrons. The molecule has 0 aromatic carbocycles. The molecule has 0 unspecified atom stereocenters. The zero-order valence-electron chi connectivity index (χ0n) is 10.3. The first kappa shape index (κ1) is 16.0. The molecule has 0 bridgehead atoms. The van der Waals surface area contributed by atoms with Gasteiger partial charge in [0.05, 0.1) is 0 Å².